The first-order valence-corrected chi connectivity index (χ1v) is 5.90. The van der Waals surface area contributed by atoms with E-state index in [0.29, 0.717) is 11.8 Å². The fourth-order valence-electron chi connectivity index (χ4n) is 2.46. The van der Waals surface area contributed by atoms with Gasteiger partial charge in [-0.2, -0.15) is 11.8 Å². The Bertz CT molecular complexity index is 208. The number of thioether (sulfide) groups is 1. The first-order valence-electron chi connectivity index (χ1n) is 4.74. The molecule has 13 heavy (non-hydrogen) atoms. The maximum atomic E-state index is 10.8. The molecule has 4 heteroatoms. The van der Waals surface area contributed by atoms with Crippen LogP contribution in [0.3, 0.4) is 0 Å². The van der Waals surface area contributed by atoms with Crippen LogP contribution < -0.4 is 5.73 Å². The molecule has 0 aromatic heterocycles. The van der Waals surface area contributed by atoms with Crippen molar-refractivity contribution in [3.05, 3.63) is 0 Å². The molecule has 1 aliphatic carbocycles. The van der Waals surface area contributed by atoms with Crippen LogP contribution in [0.5, 0.6) is 0 Å². The third-order valence-corrected chi connectivity index (χ3v) is 4.60. The van der Waals surface area contributed by atoms with Crippen molar-refractivity contribution in [2.45, 2.75) is 18.9 Å². The molecule has 1 saturated carbocycles. The highest BCUT2D eigenvalue weighted by Gasteiger charge is 2.40. The van der Waals surface area contributed by atoms with Gasteiger partial charge >= 0.3 is 5.97 Å². The minimum absolute atomic E-state index is 0.129. The Morgan fingerprint density at radius 3 is 2.31 bits per heavy atom. The zero-order chi connectivity index (χ0) is 9.42. The Balaban J connectivity index is 2.07. The van der Waals surface area contributed by atoms with Crippen molar-refractivity contribution >= 4 is 17.7 Å². The fourth-order valence-corrected chi connectivity index (χ4v) is 3.92. The molecule has 2 unspecified atom stereocenters. The second kappa shape index (κ2) is 3.50. The summed E-state index contributed by atoms with van der Waals surface area (Å²) in [7, 11) is 0. The lowest BCUT2D eigenvalue weighted by atomic mass is 9.73. The van der Waals surface area contributed by atoms with Gasteiger partial charge in [0.25, 0.3) is 0 Å². The Morgan fingerprint density at radius 2 is 1.85 bits per heavy atom. The predicted octanol–water partition coefficient (Wildman–Crippen LogP) is 0.787. The SMILES string of the molecule is NC1C2CSCC1CC(C(=O)O)C2. The zero-order valence-electron chi connectivity index (χ0n) is 7.48. The topological polar surface area (TPSA) is 63.3 Å². The molecular formula is C9H15NO2S. The Hall–Kier alpha value is -0.220. The van der Waals surface area contributed by atoms with Crippen LogP contribution in [-0.4, -0.2) is 28.6 Å². The normalized spacial score (nSPS) is 44.4. The molecule has 1 saturated heterocycles. The number of carbonyl (C=O) groups is 1. The van der Waals surface area contributed by atoms with E-state index in [9.17, 15) is 4.79 Å². The van der Waals surface area contributed by atoms with E-state index >= 15 is 0 Å². The molecule has 0 spiro atoms. The lowest BCUT2D eigenvalue weighted by molar-refractivity contribution is -0.144. The molecule has 2 aliphatic rings. The number of carboxylic acids is 1. The summed E-state index contributed by atoms with van der Waals surface area (Å²) >= 11 is 1.93. The average molecular weight is 201 g/mol. The number of nitrogens with two attached hydrogens (primary N) is 1. The predicted molar refractivity (Wildman–Crippen MR) is 52.6 cm³/mol. The summed E-state index contributed by atoms with van der Waals surface area (Å²) in [6.07, 6.45) is 1.58. The molecule has 0 aromatic rings. The lowest BCUT2D eigenvalue weighted by Gasteiger charge is -2.42. The molecule has 2 bridgehead atoms. The van der Waals surface area contributed by atoms with Crippen LogP contribution >= 0.6 is 11.8 Å². The number of hydrogen-bond acceptors (Lipinski definition) is 3. The Kier molecular flexibility index (Phi) is 2.51. The van der Waals surface area contributed by atoms with E-state index < -0.39 is 5.97 Å². The number of rotatable bonds is 1. The molecule has 0 amide bonds. The van der Waals surface area contributed by atoms with Crippen LogP contribution in [0.25, 0.3) is 0 Å². The van der Waals surface area contributed by atoms with E-state index in [4.69, 9.17) is 10.8 Å². The van der Waals surface area contributed by atoms with Gasteiger partial charge in [0.05, 0.1) is 5.92 Å². The number of aliphatic carboxylic acids is 1. The Morgan fingerprint density at radius 1 is 1.31 bits per heavy atom. The van der Waals surface area contributed by atoms with Gasteiger partial charge in [0.15, 0.2) is 0 Å². The molecule has 3 N–H and O–H groups in total. The van der Waals surface area contributed by atoms with Gasteiger partial charge in [0.1, 0.15) is 0 Å². The minimum atomic E-state index is -0.631. The van der Waals surface area contributed by atoms with Gasteiger partial charge in [-0.05, 0) is 36.2 Å². The fraction of sp³-hybridized carbons (Fsp3) is 0.889. The van der Waals surface area contributed by atoms with Gasteiger partial charge in [-0.15, -0.1) is 0 Å². The van der Waals surface area contributed by atoms with Crippen LogP contribution in [0, 0.1) is 17.8 Å². The van der Waals surface area contributed by atoms with Crippen LogP contribution in [-0.2, 0) is 4.79 Å². The quantitative estimate of drug-likeness (QED) is 0.658. The number of carboxylic acid groups (broad SMARTS) is 1. The molecule has 74 valence electrons. The second-order valence-corrected chi connectivity index (χ2v) is 5.22. The second-order valence-electron chi connectivity index (χ2n) is 4.14. The van der Waals surface area contributed by atoms with E-state index in [2.05, 4.69) is 0 Å². The highest BCUT2D eigenvalue weighted by molar-refractivity contribution is 7.99. The van der Waals surface area contributed by atoms with E-state index in [0.717, 1.165) is 24.3 Å². The molecule has 2 atom stereocenters. The highest BCUT2D eigenvalue weighted by Crippen LogP contribution is 2.40. The molecule has 2 fully saturated rings. The van der Waals surface area contributed by atoms with Gasteiger partial charge in [0.2, 0.25) is 0 Å². The van der Waals surface area contributed by atoms with Crippen molar-refractivity contribution in [3.8, 4) is 0 Å². The molecule has 1 aliphatic heterocycles. The standard InChI is InChI=1S/C9H15NO2S/c10-8-6-1-5(9(11)12)2-7(8)4-13-3-6/h5-8H,1-4,10H2,(H,11,12). The van der Waals surface area contributed by atoms with Gasteiger partial charge in [-0.1, -0.05) is 0 Å². The molecule has 1 heterocycles. The Labute approximate surface area is 82.1 Å². The van der Waals surface area contributed by atoms with Gasteiger partial charge in [-0.25, -0.2) is 0 Å². The monoisotopic (exact) mass is 201 g/mol. The van der Waals surface area contributed by atoms with Crippen LogP contribution in [0.15, 0.2) is 0 Å². The summed E-state index contributed by atoms with van der Waals surface area (Å²) in [6.45, 7) is 0. The summed E-state index contributed by atoms with van der Waals surface area (Å²) in [5, 5.41) is 8.93. The molecule has 0 aromatic carbocycles. The smallest absolute Gasteiger partial charge is 0.306 e. The zero-order valence-corrected chi connectivity index (χ0v) is 8.30. The molecular weight excluding hydrogens is 186 g/mol. The number of hydrogen-bond donors (Lipinski definition) is 2. The van der Waals surface area contributed by atoms with Crippen molar-refractivity contribution < 1.29 is 9.90 Å². The van der Waals surface area contributed by atoms with E-state index in [1.807, 2.05) is 11.8 Å². The summed E-state index contributed by atoms with van der Waals surface area (Å²) in [4.78, 5) is 10.8. The molecule has 0 radical (unpaired) electrons. The first-order chi connectivity index (χ1) is 6.18. The van der Waals surface area contributed by atoms with E-state index in [1.165, 1.54) is 0 Å². The van der Waals surface area contributed by atoms with Crippen molar-refractivity contribution in [2.75, 3.05) is 11.5 Å². The van der Waals surface area contributed by atoms with E-state index in [-0.39, 0.29) is 12.0 Å². The van der Waals surface area contributed by atoms with Crippen LogP contribution in [0.1, 0.15) is 12.8 Å². The maximum absolute atomic E-state index is 10.8. The first kappa shape index (κ1) is 9.34. The van der Waals surface area contributed by atoms with Crippen LogP contribution in [0.4, 0.5) is 0 Å². The third kappa shape index (κ3) is 1.70. The largest absolute Gasteiger partial charge is 0.481 e. The average Bonchev–Trinajstić information content (AvgIpc) is 2.02. The van der Waals surface area contributed by atoms with Crippen molar-refractivity contribution in [1.82, 2.24) is 0 Å². The highest BCUT2D eigenvalue weighted by atomic mass is 32.2. The van der Waals surface area contributed by atoms with Gasteiger partial charge in [0, 0.05) is 6.04 Å². The summed E-state index contributed by atoms with van der Waals surface area (Å²) in [5.74, 6) is 2.24. The summed E-state index contributed by atoms with van der Waals surface area (Å²) in [6, 6.07) is 0.261. The maximum Gasteiger partial charge on any atom is 0.306 e. The molecule has 2 rings (SSSR count). The van der Waals surface area contributed by atoms with Gasteiger partial charge < -0.3 is 10.8 Å². The van der Waals surface area contributed by atoms with Crippen molar-refractivity contribution in [1.29, 1.82) is 0 Å². The minimum Gasteiger partial charge on any atom is -0.481 e. The van der Waals surface area contributed by atoms with Gasteiger partial charge in [-0.3, -0.25) is 4.79 Å². The molecule has 3 nitrogen and oxygen atoms in total. The number of fused-ring (bicyclic) bond motifs is 2. The third-order valence-electron chi connectivity index (χ3n) is 3.28. The lowest BCUT2D eigenvalue weighted by Crippen LogP contribution is -2.49. The summed E-state index contributed by atoms with van der Waals surface area (Å²) < 4.78 is 0. The van der Waals surface area contributed by atoms with Crippen molar-refractivity contribution in [2.24, 2.45) is 23.5 Å². The van der Waals surface area contributed by atoms with Crippen molar-refractivity contribution in [3.63, 3.8) is 0 Å². The van der Waals surface area contributed by atoms with Crippen LogP contribution in [0.2, 0.25) is 0 Å². The summed E-state index contributed by atoms with van der Waals surface area (Å²) in [5.41, 5.74) is 6.04. The van der Waals surface area contributed by atoms with E-state index in [1.54, 1.807) is 0 Å².